The Kier molecular flexibility index (Phi) is 5.38. The summed E-state index contributed by atoms with van der Waals surface area (Å²) >= 11 is 0. The first-order valence-electron chi connectivity index (χ1n) is 7.43. The molecule has 1 aliphatic heterocycles. The Labute approximate surface area is 125 Å². The van der Waals surface area contributed by atoms with Gasteiger partial charge in [0.25, 0.3) is 5.69 Å². The van der Waals surface area contributed by atoms with Crippen molar-refractivity contribution in [3.05, 3.63) is 28.3 Å². The Morgan fingerprint density at radius 3 is 3.00 bits per heavy atom. The van der Waals surface area contributed by atoms with Crippen LogP contribution in [0.5, 0.6) is 5.75 Å². The number of benzene rings is 1. The smallest absolute Gasteiger partial charge is 0.296 e. The highest BCUT2D eigenvalue weighted by atomic mass is 16.6. The predicted molar refractivity (Wildman–Crippen MR) is 83.0 cm³/mol. The van der Waals surface area contributed by atoms with Crippen molar-refractivity contribution in [2.45, 2.75) is 19.8 Å². The summed E-state index contributed by atoms with van der Waals surface area (Å²) in [6.45, 7) is 5.30. The number of nitrogens with one attached hydrogen (secondary N) is 1. The quantitative estimate of drug-likeness (QED) is 0.645. The van der Waals surface area contributed by atoms with Crippen LogP contribution in [-0.2, 0) is 0 Å². The van der Waals surface area contributed by atoms with Gasteiger partial charge in [-0.2, -0.15) is 0 Å². The third-order valence-electron chi connectivity index (χ3n) is 3.78. The number of nitro groups is 1. The van der Waals surface area contributed by atoms with E-state index < -0.39 is 0 Å². The van der Waals surface area contributed by atoms with E-state index in [0.29, 0.717) is 24.0 Å². The van der Waals surface area contributed by atoms with Crippen LogP contribution in [0.15, 0.2) is 18.2 Å². The first-order chi connectivity index (χ1) is 10.1. The van der Waals surface area contributed by atoms with Crippen LogP contribution in [0.3, 0.4) is 0 Å². The van der Waals surface area contributed by atoms with E-state index in [4.69, 9.17) is 4.74 Å². The van der Waals surface area contributed by atoms with Crippen LogP contribution in [0.25, 0.3) is 0 Å². The summed E-state index contributed by atoms with van der Waals surface area (Å²) in [7, 11) is 2.12. The number of hydrogen-bond acceptors (Lipinski definition) is 5. The van der Waals surface area contributed by atoms with E-state index in [1.165, 1.54) is 18.9 Å². The standard InChI is InChI=1S/C15H23N3O3/c1-3-21-13-6-7-14(15(9-13)18(19)20)16-10-12-5-4-8-17(2)11-12/h6-7,9,12,16H,3-5,8,10-11H2,1-2H3. The van der Waals surface area contributed by atoms with Crippen molar-refractivity contribution in [3.63, 3.8) is 0 Å². The second-order valence-corrected chi connectivity index (χ2v) is 5.52. The fourth-order valence-electron chi connectivity index (χ4n) is 2.76. The van der Waals surface area contributed by atoms with Crippen molar-refractivity contribution in [2.75, 3.05) is 38.6 Å². The first-order valence-corrected chi connectivity index (χ1v) is 7.43. The molecule has 1 fully saturated rings. The highest BCUT2D eigenvalue weighted by Gasteiger charge is 2.19. The third-order valence-corrected chi connectivity index (χ3v) is 3.78. The van der Waals surface area contributed by atoms with E-state index >= 15 is 0 Å². The minimum absolute atomic E-state index is 0.0742. The predicted octanol–water partition coefficient (Wildman–Crippen LogP) is 2.75. The van der Waals surface area contributed by atoms with Gasteiger partial charge >= 0.3 is 0 Å². The van der Waals surface area contributed by atoms with E-state index in [2.05, 4.69) is 17.3 Å². The molecule has 0 radical (unpaired) electrons. The second kappa shape index (κ2) is 7.26. The molecular formula is C15H23N3O3. The molecule has 21 heavy (non-hydrogen) atoms. The van der Waals surface area contributed by atoms with E-state index in [-0.39, 0.29) is 10.6 Å². The molecule has 2 rings (SSSR count). The van der Waals surface area contributed by atoms with Gasteiger partial charge < -0.3 is 15.0 Å². The Morgan fingerprint density at radius 2 is 2.33 bits per heavy atom. The van der Waals surface area contributed by atoms with E-state index in [1.807, 2.05) is 6.92 Å². The normalized spacial score (nSPS) is 19.2. The molecule has 1 atom stereocenters. The number of rotatable bonds is 6. The van der Waals surface area contributed by atoms with Crippen LogP contribution in [0.1, 0.15) is 19.8 Å². The molecular weight excluding hydrogens is 270 g/mol. The summed E-state index contributed by atoms with van der Waals surface area (Å²) in [4.78, 5) is 13.1. The molecule has 0 aliphatic carbocycles. The minimum atomic E-state index is -0.363. The molecule has 1 N–H and O–H groups in total. The lowest BCUT2D eigenvalue weighted by Crippen LogP contribution is -2.35. The lowest BCUT2D eigenvalue weighted by Gasteiger charge is -2.29. The van der Waals surface area contributed by atoms with Gasteiger partial charge in [-0.25, -0.2) is 0 Å². The zero-order valence-electron chi connectivity index (χ0n) is 12.7. The molecule has 0 saturated carbocycles. The van der Waals surface area contributed by atoms with Crippen molar-refractivity contribution in [3.8, 4) is 5.75 Å². The fraction of sp³-hybridized carbons (Fsp3) is 0.600. The highest BCUT2D eigenvalue weighted by molar-refractivity contribution is 5.63. The summed E-state index contributed by atoms with van der Waals surface area (Å²) in [5, 5.41) is 14.4. The molecule has 0 spiro atoms. The van der Waals surface area contributed by atoms with Gasteiger partial charge in [-0.3, -0.25) is 10.1 Å². The zero-order chi connectivity index (χ0) is 15.2. The van der Waals surface area contributed by atoms with Gasteiger partial charge in [0, 0.05) is 13.1 Å². The molecule has 1 aromatic carbocycles. The van der Waals surface area contributed by atoms with Crippen LogP contribution < -0.4 is 10.1 Å². The second-order valence-electron chi connectivity index (χ2n) is 5.52. The number of likely N-dealkylation sites (tertiary alicyclic amines) is 1. The van der Waals surface area contributed by atoms with Crippen LogP contribution in [-0.4, -0.2) is 43.1 Å². The number of nitrogens with zero attached hydrogens (tertiary/aromatic N) is 2. The lowest BCUT2D eigenvalue weighted by molar-refractivity contribution is -0.384. The largest absolute Gasteiger partial charge is 0.494 e. The maximum atomic E-state index is 11.2. The summed E-state index contributed by atoms with van der Waals surface area (Å²) in [6.07, 6.45) is 2.36. The van der Waals surface area contributed by atoms with Gasteiger partial charge in [-0.15, -0.1) is 0 Å². The number of anilines is 1. The molecule has 1 aliphatic rings. The molecule has 6 nitrogen and oxygen atoms in total. The van der Waals surface area contributed by atoms with Gasteiger partial charge in [0.05, 0.1) is 17.6 Å². The van der Waals surface area contributed by atoms with Crippen LogP contribution in [0, 0.1) is 16.0 Å². The van der Waals surface area contributed by atoms with Gasteiger partial charge in [-0.1, -0.05) is 0 Å². The molecule has 0 bridgehead atoms. The van der Waals surface area contributed by atoms with Crippen LogP contribution in [0.4, 0.5) is 11.4 Å². The molecule has 0 aromatic heterocycles. The van der Waals surface area contributed by atoms with Crippen molar-refractivity contribution in [1.29, 1.82) is 0 Å². The molecule has 6 heteroatoms. The minimum Gasteiger partial charge on any atom is -0.494 e. The Balaban J connectivity index is 2.03. The average Bonchev–Trinajstić information content (AvgIpc) is 2.46. The van der Waals surface area contributed by atoms with Crippen LogP contribution in [0.2, 0.25) is 0 Å². The van der Waals surface area contributed by atoms with Gasteiger partial charge in [0.15, 0.2) is 0 Å². The van der Waals surface area contributed by atoms with Crippen molar-refractivity contribution < 1.29 is 9.66 Å². The van der Waals surface area contributed by atoms with Crippen molar-refractivity contribution in [2.24, 2.45) is 5.92 Å². The van der Waals surface area contributed by atoms with Crippen molar-refractivity contribution in [1.82, 2.24) is 4.90 Å². The maximum absolute atomic E-state index is 11.2. The average molecular weight is 293 g/mol. The molecule has 1 heterocycles. The van der Waals surface area contributed by atoms with Gasteiger partial charge in [0.1, 0.15) is 11.4 Å². The molecule has 1 aromatic rings. The molecule has 116 valence electrons. The molecule has 1 unspecified atom stereocenters. The van der Waals surface area contributed by atoms with E-state index in [9.17, 15) is 10.1 Å². The van der Waals surface area contributed by atoms with Gasteiger partial charge in [0.2, 0.25) is 0 Å². The number of piperidine rings is 1. The maximum Gasteiger partial charge on any atom is 0.296 e. The van der Waals surface area contributed by atoms with Crippen LogP contribution >= 0.6 is 0 Å². The fourth-order valence-corrected chi connectivity index (χ4v) is 2.76. The SMILES string of the molecule is CCOc1ccc(NCC2CCCN(C)C2)c([N+](=O)[O-])c1. The summed E-state index contributed by atoms with van der Waals surface area (Å²) in [6, 6.07) is 4.99. The summed E-state index contributed by atoms with van der Waals surface area (Å²) in [5.74, 6) is 1.07. The van der Waals surface area contributed by atoms with E-state index in [1.54, 1.807) is 12.1 Å². The summed E-state index contributed by atoms with van der Waals surface area (Å²) in [5.41, 5.74) is 0.641. The van der Waals surface area contributed by atoms with Gasteiger partial charge in [-0.05, 0) is 51.4 Å². The van der Waals surface area contributed by atoms with E-state index in [0.717, 1.165) is 19.6 Å². The number of ether oxygens (including phenoxy) is 1. The topological polar surface area (TPSA) is 67.6 Å². The Bertz CT molecular complexity index is 493. The molecule has 0 amide bonds. The number of hydrogen-bond donors (Lipinski definition) is 1. The lowest BCUT2D eigenvalue weighted by atomic mass is 9.98. The third kappa shape index (κ3) is 4.32. The molecule has 1 saturated heterocycles. The highest BCUT2D eigenvalue weighted by Crippen LogP contribution is 2.29. The number of nitro benzene ring substituents is 1. The Morgan fingerprint density at radius 1 is 1.52 bits per heavy atom. The van der Waals surface area contributed by atoms with Crippen molar-refractivity contribution >= 4 is 11.4 Å². The zero-order valence-corrected chi connectivity index (χ0v) is 12.7. The monoisotopic (exact) mass is 293 g/mol. The Hall–Kier alpha value is -1.82. The summed E-state index contributed by atoms with van der Waals surface area (Å²) < 4.78 is 5.32. The first kappa shape index (κ1) is 15.6.